The number of nitrogens with one attached hydrogen (secondary N) is 1. The molecule has 2 heterocycles. The Morgan fingerprint density at radius 3 is 2.56 bits per heavy atom. The van der Waals surface area contributed by atoms with Crippen molar-refractivity contribution < 1.29 is 9.18 Å². The van der Waals surface area contributed by atoms with Crippen LogP contribution < -0.4 is 10.2 Å². The number of nitrogens with zero attached hydrogens (tertiary/aromatic N) is 4. The van der Waals surface area contributed by atoms with Crippen LogP contribution in [0.15, 0.2) is 24.4 Å². The Kier molecular flexibility index (Phi) is 5.79. The topological polar surface area (TPSA) is 53.4 Å². The molecule has 1 N–H and O–H groups in total. The summed E-state index contributed by atoms with van der Waals surface area (Å²) in [5, 5.41) is 7.13. The molecule has 7 heteroatoms. The Hall–Kier alpha value is -2.41. The zero-order valence-electron chi connectivity index (χ0n) is 16.5. The minimum absolute atomic E-state index is 0.198. The molecule has 146 valence electrons. The smallest absolute Gasteiger partial charge is 0.251 e. The monoisotopic (exact) mass is 373 g/mol. The maximum atomic E-state index is 14.7. The van der Waals surface area contributed by atoms with Gasteiger partial charge in [0.15, 0.2) is 0 Å². The summed E-state index contributed by atoms with van der Waals surface area (Å²) in [5.41, 5.74) is 2.85. The zero-order valence-corrected chi connectivity index (χ0v) is 16.5. The van der Waals surface area contributed by atoms with Crippen LogP contribution in [0.25, 0.3) is 0 Å². The third-order valence-corrected chi connectivity index (χ3v) is 5.46. The second-order valence-electron chi connectivity index (χ2n) is 7.09. The first kappa shape index (κ1) is 19.4. The van der Waals surface area contributed by atoms with Gasteiger partial charge in [-0.1, -0.05) is 6.92 Å². The molecule has 1 atom stereocenters. The molecule has 1 aliphatic rings. The molecule has 3 rings (SSSR count). The molecule has 1 saturated heterocycles. The average Bonchev–Trinajstić information content (AvgIpc) is 3.00. The third kappa shape index (κ3) is 4.13. The lowest BCUT2D eigenvalue weighted by Crippen LogP contribution is -2.46. The van der Waals surface area contributed by atoms with Crippen LogP contribution in [0.2, 0.25) is 0 Å². The van der Waals surface area contributed by atoms with E-state index in [1.807, 2.05) is 25.8 Å². The van der Waals surface area contributed by atoms with E-state index in [1.165, 1.54) is 6.07 Å². The summed E-state index contributed by atoms with van der Waals surface area (Å²) >= 11 is 0. The number of carbonyl (C=O) groups is 1. The van der Waals surface area contributed by atoms with Crippen LogP contribution in [0.4, 0.5) is 10.1 Å². The lowest BCUT2D eigenvalue weighted by molar-refractivity contribution is 0.0939. The molecule has 0 saturated carbocycles. The summed E-state index contributed by atoms with van der Waals surface area (Å²) in [6, 6.07) is 4.55. The molecular formula is C20H28FN5O. The highest BCUT2D eigenvalue weighted by molar-refractivity contribution is 5.94. The highest BCUT2D eigenvalue weighted by Crippen LogP contribution is 2.23. The summed E-state index contributed by atoms with van der Waals surface area (Å²) in [5.74, 6) is -0.634. The van der Waals surface area contributed by atoms with Crippen molar-refractivity contribution in [1.82, 2.24) is 20.0 Å². The summed E-state index contributed by atoms with van der Waals surface area (Å²) in [6.07, 6.45) is 1.75. The minimum atomic E-state index is -0.349. The lowest BCUT2D eigenvalue weighted by Gasteiger charge is -2.35. The van der Waals surface area contributed by atoms with Crippen LogP contribution >= 0.6 is 0 Å². The maximum absolute atomic E-state index is 14.7. The number of likely N-dealkylation sites (N-methyl/N-ethyl adjacent to an activating group) is 1. The van der Waals surface area contributed by atoms with Crippen molar-refractivity contribution in [3.63, 3.8) is 0 Å². The summed E-state index contributed by atoms with van der Waals surface area (Å²) in [4.78, 5) is 16.9. The van der Waals surface area contributed by atoms with Crippen LogP contribution in [0, 0.1) is 12.7 Å². The van der Waals surface area contributed by atoms with Crippen molar-refractivity contribution in [2.45, 2.75) is 26.8 Å². The van der Waals surface area contributed by atoms with E-state index in [2.05, 4.69) is 22.2 Å². The normalized spacial score (nSPS) is 16.4. The van der Waals surface area contributed by atoms with E-state index in [0.29, 0.717) is 11.3 Å². The third-order valence-electron chi connectivity index (χ3n) is 5.46. The van der Waals surface area contributed by atoms with Gasteiger partial charge in [-0.3, -0.25) is 9.48 Å². The first-order chi connectivity index (χ1) is 12.9. The van der Waals surface area contributed by atoms with Crippen LogP contribution in [-0.2, 0) is 7.05 Å². The molecule has 0 radical (unpaired) electrons. The molecule has 1 aromatic heterocycles. The Bertz CT molecular complexity index is 811. The predicted molar refractivity (Wildman–Crippen MR) is 105 cm³/mol. The molecule has 0 spiro atoms. The summed E-state index contributed by atoms with van der Waals surface area (Å²) in [6.45, 7) is 10.5. The highest BCUT2D eigenvalue weighted by atomic mass is 19.1. The fourth-order valence-corrected chi connectivity index (χ4v) is 3.51. The van der Waals surface area contributed by atoms with Gasteiger partial charge in [-0.2, -0.15) is 5.10 Å². The standard InChI is InChI=1S/C20H28FN5O/c1-5-25-8-10-26(11-9-25)19-7-6-16(12-18(19)21)20(27)23-14(2)17-13-22-24(4)15(17)3/h6-7,12-14H,5,8-11H2,1-4H3,(H,23,27). The second kappa shape index (κ2) is 8.08. The number of carbonyl (C=O) groups excluding carboxylic acids is 1. The Balaban J connectivity index is 1.68. The van der Waals surface area contributed by atoms with Gasteiger partial charge >= 0.3 is 0 Å². The van der Waals surface area contributed by atoms with Gasteiger partial charge in [-0.15, -0.1) is 0 Å². The molecular weight excluding hydrogens is 345 g/mol. The van der Waals surface area contributed by atoms with Crippen molar-refractivity contribution in [3.8, 4) is 0 Å². The number of piperazine rings is 1. The Morgan fingerprint density at radius 1 is 1.30 bits per heavy atom. The predicted octanol–water partition coefficient (Wildman–Crippen LogP) is 2.50. The Labute approximate surface area is 160 Å². The number of amides is 1. The number of aromatic nitrogens is 2. The van der Waals surface area contributed by atoms with Crippen LogP contribution in [0.1, 0.15) is 41.5 Å². The van der Waals surface area contributed by atoms with Gasteiger partial charge in [-0.05, 0) is 38.6 Å². The van der Waals surface area contributed by atoms with E-state index in [9.17, 15) is 9.18 Å². The average molecular weight is 373 g/mol. The van der Waals surface area contributed by atoms with E-state index in [-0.39, 0.29) is 17.8 Å². The number of anilines is 1. The first-order valence-electron chi connectivity index (χ1n) is 9.47. The summed E-state index contributed by atoms with van der Waals surface area (Å²) in [7, 11) is 1.86. The van der Waals surface area contributed by atoms with Crippen LogP contribution in [0.3, 0.4) is 0 Å². The Morgan fingerprint density at radius 2 is 2.00 bits per heavy atom. The summed E-state index contributed by atoms with van der Waals surface area (Å²) < 4.78 is 16.4. The van der Waals surface area contributed by atoms with Crippen molar-refractivity contribution >= 4 is 11.6 Å². The van der Waals surface area contributed by atoms with E-state index in [4.69, 9.17) is 0 Å². The van der Waals surface area contributed by atoms with Crippen LogP contribution in [0.5, 0.6) is 0 Å². The van der Waals surface area contributed by atoms with E-state index in [1.54, 1.807) is 23.0 Å². The van der Waals surface area contributed by atoms with E-state index in [0.717, 1.165) is 44.0 Å². The minimum Gasteiger partial charge on any atom is -0.367 e. The largest absolute Gasteiger partial charge is 0.367 e. The molecule has 6 nitrogen and oxygen atoms in total. The number of hydrogen-bond acceptors (Lipinski definition) is 4. The van der Waals surface area contributed by atoms with E-state index >= 15 is 0 Å². The molecule has 0 bridgehead atoms. The number of halogens is 1. The quantitative estimate of drug-likeness (QED) is 0.875. The van der Waals surface area contributed by atoms with Gasteiger partial charge in [0, 0.05) is 50.0 Å². The molecule has 1 aliphatic heterocycles. The fourth-order valence-electron chi connectivity index (χ4n) is 3.51. The number of rotatable bonds is 5. The van der Waals surface area contributed by atoms with Gasteiger partial charge < -0.3 is 15.1 Å². The van der Waals surface area contributed by atoms with Crippen molar-refractivity contribution in [2.24, 2.45) is 7.05 Å². The van der Waals surface area contributed by atoms with Crippen molar-refractivity contribution in [1.29, 1.82) is 0 Å². The molecule has 27 heavy (non-hydrogen) atoms. The van der Waals surface area contributed by atoms with Crippen molar-refractivity contribution in [3.05, 3.63) is 47.0 Å². The number of aryl methyl sites for hydroxylation is 1. The lowest BCUT2D eigenvalue weighted by atomic mass is 10.1. The molecule has 1 amide bonds. The number of benzene rings is 1. The van der Waals surface area contributed by atoms with E-state index < -0.39 is 0 Å². The maximum Gasteiger partial charge on any atom is 0.251 e. The molecule has 1 unspecified atom stereocenters. The van der Waals surface area contributed by atoms with Gasteiger partial charge in [0.25, 0.3) is 5.91 Å². The van der Waals surface area contributed by atoms with Crippen molar-refractivity contribution in [2.75, 3.05) is 37.6 Å². The molecule has 1 aromatic carbocycles. The molecule has 2 aromatic rings. The highest BCUT2D eigenvalue weighted by Gasteiger charge is 2.20. The number of hydrogen-bond donors (Lipinski definition) is 1. The second-order valence-corrected chi connectivity index (χ2v) is 7.09. The fraction of sp³-hybridized carbons (Fsp3) is 0.500. The van der Waals surface area contributed by atoms with Gasteiger partial charge in [0.1, 0.15) is 5.82 Å². The van der Waals surface area contributed by atoms with Crippen LogP contribution in [-0.4, -0.2) is 53.3 Å². The van der Waals surface area contributed by atoms with Gasteiger partial charge in [0.05, 0.1) is 17.9 Å². The SMILES string of the molecule is CCN1CCN(c2ccc(C(=O)NC(C)c3cnn(C)c3C)cc2F)CC1. The molecule has 1 fully saturated rings. The molecule has 0 aliphatic carbocycles. The first-order valence-corrected chi connectivity index (χ1v) is 9.47. The zero-order chi connectivity index (χ0) is 19.6. The van der Waals surface area contributed by atoms with Gasteiger partial charge in [0.2, 0.25) is 0 Å². The van der Waals surface area contributed by atoms with Gasteiger partial charge in [-0.25, -0.2) is 4.39 Å².